The summed E-state index contributed by atoms with van der Waals surface area (Å²) in [6.45, 7) is 4.11. The molecule has 1 aromatic rings. The van der Waals surface area contributed by atoms with Crippen molar-refractivity contribution >= 4 is 11.6 Å². The van der Waals surface area contributed by atoms with Crippen LogP contribution in [0.4, 0.5) is 5.69 Å². The van der Waals surface area contributed by atoms with E-state index < -0.39 is 0 Å². The third-order valence-corrected chi connectivity index (χ3v) is 4.73. The first-order chi connectivity index (χ1) is 8.63. The molecule has 2 heteroatoms. The zero-order valence-corrected chi connectivity index (χ0v) is 11.2. The maximum Gasteiger partial charge on any atom is 0.227 e. The number of carbonyl (C=O) groups is 1. The molecule has 1 amide bonds. The Bertz CT molecular complexity index is 480. The molecule has 0 aliphatic heterocycles. The first-order valence-corrected chi connectivity index (χ1v) is 7.01. The van der Waals surface area contributed by atoms with E-state index in [4.69, 9.17) is 0 Å². The molecule has 2 fully saturated rings. The van der Waals surface area contributed by atoms with Gasteiger partial charge in [0.15, 0.2) is 0 Å². The van der Waals surface area contributed by atoms with Gasteiger partial charge in [0, 0.05) is 11.6 Å². The van der Waals surface area contributed by atoms with E-state index in [-0.39, 0.29) is 11.8 Å². The molecule has 1 N–H and O–H groups in total. The van der Waals surface area contributed by atoms with Crippen LogP contribution in [0.25, 0.3) is 0 Å². The predicted octanol–water partition coefficient (Wildman–Crippen LogP) is 3.68. The van der Waals surface area contributed by atoms with Gasteiger partial charge in [0.25, 0.3) is 0 Å². The second-order valence-electron chi connectivity index (χ2n) is 6.09. The van der Waals surface area contributed by atoms with Gasteiger partial charge in [-0.2, -0.15) is 0 Å². The van der Waals surface area contributed by atoms with E-state index in [2.05, 4.69) is 37.4 Å². The molecule has 3 rings (SSSR count). The summed E-state index contributed by atoms with van der Waals surface area (Å²) >= 11 is 0. The SMILES string of the molecule is Cc1ccc(C)c(NC(=O)[C@@H]2C[C@H]3CC[C@H]2C3)c1. The highest BCUT2D eigenvalue weighted by Crippen LogP contribution is 2.48. The number of fused-ring (bicyclic) bond motifs is 2. The van der Waals surface area contributed by atoms with Gasteiger partial charge in [-0.1, -0.05) is 18.6 Å². The number of aryl methyl sites for hydroxylation is 2. The summed E-state index contributed by atoms with van der Waals surface area (Å²) in [5, 5.41) is 3.14. The van der Waals surface area contributed by atoms with E-state index in [0.29, 0.717) is 5.92 Å². The maximum atomic E-state index is 12.4. The molecule has 2 bridgehead atoms. The Morgan fingerprint density at radius 1 is 1.22 bits per heavy atom. The Morgan fingerprint density at radius 2 is 2.06 bits per heavy atom. The lowest BCUT2D eigenvalue weighted by molar-refractivity contribution is -0.121. The summed E-state index contributed by atoms with van der Waals surface area (Å²) in [6.07, 6.45) is 5.00. The number of anilines is 1. The van der Waals surface area contributed by atoms with Gasteiger partial charge in [0.2, 0.25) is 5.91 Å². The molecule has 2 saturated carbocycles. The Kier molecular flexibility index (Phi) is 2.89. The van der Waals surface area contributed by atoms with Crippen LogP contribution in [0.15, 0.2) is 18.2 Å². The minimum Gasteiger partial charge on any atom is -0.326 e. The molecule has 2 nitrogen and oxygen atoms in total. The van der Waals surface area contributed by atoms with Crippen molar-refractivity contribution < 1.29 is 4.79 Å². The molecule has 1 aromatic carbocycles. The van der Waals surface area contributed by atoms with E-state index in [0.717, 1.165) is 23.6 Å². The molecule has 2 aliphatic carbocycles. The number of hydrogen-bond donors (Lipinski definition) is 1. The number of rotatable bonds is 2. The number of amides is 1. The van der Waals surface area contributed by atoms with Crippen LogP contribution < -0.4 is 5.32 Å². The summed E-state index contributed by atoms with van der Waals surface area (Å²) in [4.78, 5) is 12.4. The first kappa shape index (κ1) is 11.8. The van der Waals surface area contributed by atoms with Gasteiger partial charge in [-0.05, 0) is 62.1 Å². The second-order valence-corrected chi connectivity index (χ2v) is 6.09. The molecule has 0 radical (unpaired) electrons. The van der Waals surface area contributed by atoms with Crippen LogP contribution in [-0.2, 0) is 4.79 Å². The van der Waals surface area contributed by atoms with Crippen molar-refractivity contribution in [2.75, 3.05) is 5.32 Å². The van der Waals surface area contributed by atoms with Crippen molar-refractivity contribution in [2.45, 2.75) is 39.5 Å². The van der Waals surface area contributed by atoms with Crippen LogP contribution in [0.1, 0.15) is 36.8 Å². The smallest absolute Gasteiger partial charge is 0.227 e. The van der Waals surface area contributed by atoms with Crippen LogP contribution in [-0.4, -0.2) is 5.91 Å². The molecular weight excluding hydrogens is 222 g/mol. The molecule has 0 heterocycles. The number of nitrogens with one attached hydrogen (secondary N) is 1. The van der Waals surface area contributed by atoms with E-state index >= 15 is 0 Å². The second kappa shape index (κ2) is 4.42. The van der Waals surface area contributed by atoms with E-state index in [1.807, 2.05) is 0 Å². The molecule has 0 aromatic heterocycles. The Balaban J connectivity index is 1.72. The van der Waals surface area contributed by atoms with E-state index in [1.165, 1.54) is 24.8 Å². The highest BCUT2D eigenvalue weighted by atomic mass is 16.1. The standard InChI is InChI=1S/C16H21NO/c1-10-3-4-11(2)15(7-10)17-16(18)14-9-12-5-6-13(14)8-12/h3-4,7,12-14H,5-6,8-9H2,1-2H3,(H,17,18)/t12-,13-,14+/m0/s1. The van der Waals surface area contributed by atoms with Gasteiger partial charge >= 0.3 is 0 Å². The lowest BCUT2D eigenvalue weighted by atomic mass is 9.88. The van der Waals surface area contributed by atoms with Gasteiger partial charge in [-0.3, -0.25) is 4.79 Å². The molecule has 96 valence electrons. The van der Waals surface area contributed by atoms with E-state index in [9.17, 15) is 4.79 Å². The van der Waals surface area contributed by atoms with Crippen LogP contribution in [0, 0.1) is 31.6 Å². The topological polar surface area (TPSA) is 29.1 Å². The van der Waals surface area contributed by atoms with Crippen LogP contribution in [0.5, 0.6) is 0 Å². The highest BCUT2D eigenvalue weighted by Gasteiger charge is 2.43. The molecule has 0 spiro atoms. The maximum absolute atomic E-state index is 12.4. The fraction of sp³-hybridized carbons (Fsp3) is 0.562. The summed E-state index contributed by atoms with van der Waals surface area (Å²) in [6, 6.07) is 6.23. The van der Waals surface area contributed by atoms with Crippen molar-refractivity contribution in [1.82, 2.24) is 0 Å². The molecule has 3 atom stereocenters. The minimum atomic E-state index is 0.246. The van der Waals surface area contributed by atoms with Crippen LogP contribution in [0.3, 0.4) is 0 Å². The number of benzene rings is 1. The van der Waals surface area contributed by atoms with Gasteiger partial charge < -0.3 is 5.32 Å². The van der Waals surface area contributed by atoms with Gasteiger partial charge in [0.1, 0.15) is 0 Å². The highest BCUT2D eigenvalue weighted by molar-refractivity contribution is 5.93. The van der Waals surface area contributed by atoms with Crippen molar-refractivity contribution in [1.29, 1.82) is 0 Å². The quantitative estimate of drug-likeness (QED) is 0.843. The van der Waals surface area contributed by atoms with Crippen molar-refractivity contribution in [3.8, 4) is 0 Å². The fourth-order valence-corrected chi connectivity index (χ4v) is 3.66. The molecule has 2 aliphatic rings. The number of hydrogen-bond acceptors (Lipinski definition) is 1. The lowest BCUT2D eigenvalue weighted by Gasteiger charge is -2.21. The Morgan fingerprint density at radius 3 is 2.72 bits per heavy atom. The first-order valence-electron chi connectivity index (χ1n) is 7.01. The van der Waals surface area contributed by atoms with Gasteiger partial charge in [-0.15, -0.1) is 0 Å². The molecular formula is C16H21NO. The predicted molar refractivity (Wildman–Crippen MR) is 73.5 cm³/mol. The fourth-order valence-electron chi connectivity index (χ4n) is 3.66. The molecule has 0 saturated heterocycles. The van der Waals surface area contributed by atoms with Crippen LogP contribution >= 0.6 is 0 Å². The molecule has 0 unspecified atom stereocenters. The Hall–Kier alpha value is -1.31. The van der Waals surface area contributed by atoms with E-state index in [1.54, 1.807) is 0 Å². The van der Waals surface area contributed by atoms with Gasteiger partial charge in [0.05, 0.1) is 0 Å². The number of carbonyl (C=O) groups excluding carboxylic acids is 1. The summed E-state index contributed by atoms with van der Waals surface area (Å²) in [5.74, 6) is 1.99. The largest absolute Gasteiger partial charge is 0.326 e. The average Bonchev–Trinajstić information content (AvgIpc) is 2.96. The van der Waals surface area contributed by atoms with Crippen molar-refractivity contribution in [3.05, 3.63) is 29.3 Å². The van der Waals surface area contributed by atoms with Crippen molar-refractivity contribution in [2.24, 2.45) is 17.8 Å². The third-order valence-electron chi connectivity index (χ3n) is 4.73. The zero-order chi connectivity index (χ0) is 12.7. The zero-order valence-electron chi connectivity index (χ0n) is 11.2. The average molecular weight is 243 g/mol. The normalized spacial score (nSPS) is 29.6. The van der Waals surface area contributed by atoms with Crippen LogP contribution in [0.2, 0.25) is 0 Å². The summed E-state index contributed by atoms with van der Waals surface area (Å²) in [7, 11) is 0. The third kappa shape index (κ3) is 2.05. The molecule has 18 heavy (non-hydrogen) atoms. The van der Waals surface area contributed by atoms with Crippen molar-refractivity contribution in [3.63, 3.8) is 0 Å². The lowest BCUT2D eigenvalue weighted by Crippen LogP contribution is -2.27. The minimum absolute atomic E-state index is 0.246. The monoisotopic (exact) mass is 243 g/mol. The Labute approximate surface area is 109 Å². The summed E-state index contributed by atoms with van der Waals surface area (Å²) < 4.78 is 0. The van der Waals surface area contributed by atoms with Gasteiger partial charge in [-0.25, -0.2) is 0 Å². The summed E-state index contributed by atoms with van der Waals surface area (Å²) in [5.41, 5.74) is 3.34.